The summed E-state index contributed by atoms with van der Waals surface area (Å²) in [5, 5.41) is 5.36. The van der Waals surface area contributed by atoms with Gasteiger partial charge in [-0.05, 0) is 37.8 Å². The van der Waals surface area contributed by atoms with Gasteiger partial charge in [-0.15, -0.1) is 0 Å². The van der Waals surface area contributed by atoms with Gasteiger partial charge in [0.2, 0.25) is 0 Å². The number of carbonyl (C=O) groups excluding carboxylic acids is 2. The zero-order valence-electron chi connectivity index (χ0n) is 16.2. The molecule has 4 heteroatoms. The highest BCUT2D eigenvalue weighted by Gasteiger charge is 2.40. The molecule has 0 bridgehead atoms. The maximum absolute atomic E-state index is 13.1. The predicted molar refractivity (Wildman–Crippen MR) is 113 cm³/mol. The summed E-state index contributed by atoms with van der Waals surface area (Å²) in [5.74, 6) is -0.546. The fourth-order valence-corrected chi connectivity index (χ4v) is 3.59. The van der Waals surface area contributed by atoms with Crippen molar-refractivity contribution in [3.8, 4) is 0 Å². The van der Waals surface area contributed by atoms with Crippen LogP contribution in [0.5, 0.6) is 0 Å². The van der Waals surface area contributed by atoms with E-state index in [1.54, 1.807) is 0 Å². The first-order chi connectivity index (χ1) is 13.5. The first kappa shape index (κ1) is 18.0. The standard InChI is InChI=1S/C24H22N2O2/c1-15(2)26-23(27)21(18-13-11-16(3)12-14-18)22(24(26)28)25-20-10-6-8-17-7-4-5-9-19(17)20/h4-15,25H,1-3H3. The lowest BCUT2D eigenvalue weighted by Gasteiger charge is -2.19. The number of benzene rings is 3. The molecule has 140 valence electrons. The van der Waals surface area contributed by atoms with Crippen LogP contribution in [0.4, 0.5) is 5.69 Å². The van der Waals surface area contributed by atoms with Crippen molar-refractivity contribution in [2.45, 2.75) is 26.8 Å². The number of anilines is 1. The van der Waals surface area contributed by atoms with E-state index in [1.807, 2.05) is 87.5 Å². The van der Waals surface area contributed by atoms with Crippen LogP contribution in [0.1, 0.15) is 25.0 Å². The lowest BCUT2D eigenvalue weighted by atomic mass is 10.0. The highest BCUT2D eigenvalue weighted by Crippen LogP contribution is 2.33. The van der Waals surface area contributed by atoms with E-state index in [0.29, 0.717) is 11.3 Å². The summed E-state index contributed by atoms with van der Waals surface area (Å²) in [7, 11) is 0. The van der Waals surface area contributed by atoms with Crippen molar-refractivity contribution in [2.75, 3.05) is 5.32 Å². The van der Waals surface area contributed by atoms with Crippen LogP contribution in [0.2, 0.25) is 0 Å². The average molecular weight is 370 g/mol. The second kappa shape index (κ2) is 6.97. The lowest BCUT2D eigenvalue weighted by Crippen LogP contribution is -2.38. The molecule has 0 saturated carbocycles. The highest BCUT2D eigenvalue weighted by atomic mass is 16.2. The molecule has 1 N–H and O–H groups in total. The molecule has 0 atom stereocenters. The summed E-state index contributed by atoms with van der Waals surface area (Å²) >= 11 is 0. The van der Waals surface area contributed by atoms with Gasteiger partial charge >= 0.3 is 0 Å². The van der Waals surface area contributed by atoms with Gasteiger partial charge < -0.3 is 5.32 Å². The van der Waals surface area contributed by atoms with Crippen molar-refractivity contribution in [1.29, 1.82) is 0 Å². The molecule has 0 unspecified atom stereocenters. The molecule has 0 fully saturated rings. The zero-order valence-corrected chi connectivity index (χ0v) is 16.2. The lowest BCUT2D eigenvalue weighted by molar-refractivity contribution is -0.138. The van der Waals surface area contributed by atoms with E-state index >= 15 is 0 Å². The summed E-state index contributed by atoms with van der Waals surface area (Å²) in [4.78, 5) is 27.6. The Bertz CT molecular complexity index is 1110. The van der Waals surface area contributed by atoms with E-state index in [1.165, 1.54) is 4.90 Å². The summed E-state index contributed by atoms with van der Waals surface area (Å²) in [6, 6.07) is 21.3. The number of hydrogen-bond acceptors (Lipinski definition) is 3. The minimum Gasteiger partial charge on any atom is -0.350 e. The van der Waals surface area contributed by atoms with E-state index in [2.05, 4.69) is 5.32 Å². The summed E-state index contributed by atoms with van der Waals surface area (Å²) in [5.41, 5.74) is 3.41. The molecule has 28 heavy (non-hydrogen) atoms. The molecule has 4 rings (SSSR count). The Kier molecular flexibility index (Phi) is 4.47. The number of hydrogen-bond donors (Lipinski definition) is 1. The smallest absolute Gasteiger partial charge is 0.278 e. The average Bonchev–Trinajstić information content (AvgIpc) is 2.93. The second-order valence-electron chi connectivity index (χ2n) is 7.34. The minimum absolute atomic E-state index is 0.215. The van der Waals surface area contributed by atoms with Crippen molar-refractivity contribution in [1.82, 2.24) is 4.90 Å². The Balaban J connectivity index is 1.87. The highest BCUT2D eigenvalue weighted by molar-refractivity contribution is 6.36. The molecule has 0 spiro atoms. The van der Waals surface area contributed by atoms with Crippen LogP contribution in [0.3, 0.4) is 0 Å². The van der Waals surface area contributed by atoms with E-state index in [9.17, 15) is 9.59 Å². The maximum atomic E-state index is 13.1. The summed E-state index contributed by atoms with van der Waals surface area (Å²) < 4.78 is 0. The van der Waals surface area contributed by atoms with Crippen molar-refractivity contribution < 1.29 is 9.59 Å². The fraction of sp³-hybridized carbons (Fsp3) is 0.167. The molecule has 0 saturated heterocycles. The molecular weight excluding hydrogens is 348 g/mol. The Labute approximate surface area is 164 Å². The molecule has 1 aliphatic rings. The van der Waals surface area contributed by atoms with Crippen molar-refractivity contribution >= 4 is 33.8 Å². The topological polar surface area (TPSA) is 49.4 Å². The quantitative estimate of drug-likeness (QED) is 0.674. The van der Waals surface area contributed by atoms with Crippen molar-refractivity contribution in [3.63, 3.8) is 0 Å². The SMILES string of the molecule is Cc1ccc(C2=C(Nc3cccc4ccccc34)C(=O)N(C(C)C)C2=O)cc1. The van der Waals surface area contributed by atoms with E-state index < -0.39 is 0 Å². The summed E-state index contributed by atoms with van der Waals surface area (Å²) in [6.45, 7) is 5.70. The van der Waals surface area contributed by atoms with Gasteiger partial charge in [-0.2, -0.15) is 0 Å². The molecule has 0 aromatic heterocycles. The van der Waals surface area contributed by atoms with E-state index in [0.717, 1.165) is 27.6 Å². The number of fused-ring (bicyclic) bond motifs is 1. The first-order valence-corrected chi connectivity index (χ1v) is 9.41. The number of aryl methyl sites for hydroxylation is 1. The predicted octanol–water partition coefficient (Wildman–Crippen LogP) is 4.75. The third-order valence-electron chi connectivity index (χ3n) is 5.02. The van der Waals surface area contributed by atoms with Gasteiger partial charge in [0.25, 0.3) is 11.8 Å². The number of amides is 2. The first-order valence-electron chi connectivity index (χ1n) is 9.41. The zero-order chi connectivity index (χ0) is 19.8. The van der Waals surface area contributed by atoms with Gasteiger partial charge in [-0.3, -0.25) is 14.5 Å². The fourth-order valence-electron chi connectivity index (χ4n) is 3.59. The maximum Gasteiger partial charge on any atom is 0.278 e. The van der Waals surface area contributed by atoms with Gasteiger partial charge in [0.1, 0.15) is 5.70 Å². The molecule has 4 nitrogen and oxygen atoms in total. The monoisotopic (exact) mass is 370 g/mol. The molecule has 1 heterocycles. The Morgan fingerprint density at radius 1 is 0.821 bits per heavy atom. The van der Waals surface area contributed by atoms with Crippen LogP contribution < -0.4 is 5.32 Å². The molecule has 2 amide bonds. The van der Waals surface area contributed by atoms with Crippen LogP contribution in [0.15, 0.2) is 72.4 Å². The number of rotatable bonds is 4. The van der Waals surface area contributed by atoms with Crippen LogP contribution in [-0.4, -0.2) is 22.8 Å². The number of imide groups is 1. The largest absolute Gasteiger partial charge is 0.350 e. The van der Waals surface area contributed by atoms with Crippen LogP contribution in [0, 0.1) is 6.92 Å². The van der Waals surface area contributed by atoms with Gasteiger partial charge in [-0.1, -0.05) is 66.2 Å². The van der Waals surface area contributed by atoms with E-state index in [4.69, 9.17) is 0 Å². The van der Waals surface area contributed by atoms with Crippen molar-refractivity contribution in [2.24, 2.45) is 0 Å². The second-order valence-corrected chi connectivity index (χ2v) is 7.34. The number of nitrogens with zero attached hydrogens (tertiary/aromatic N) is 1. The van der Waals surface area contributed by atoms with Gasteiger partial charge in [-0.25, -0.2) is 0 Å². The number of carbonyl (C=O) groups is 2. The molecule has 3 aromatic carbocycles. The van der Waals surface area contributed by atoms with Crippen LogP contribution in [-0.2, 0) is 9.59 Å². The molecule has 1 aliphatic heterocycles. The van der Waals surface area contributed by atoms with E-state index in [-0.39, 0.29) is 17.9 Å². The Hall–Kier alpha value is -3.40. The van der Waals surface area contributed by atoms with Crippen molar-refractivity contribution in [3.05, 3.63) is 83.6 Å². The third-order valence-corrected chi connectivity index (χ3v) is 5.02. The number of nitrogens with one attached hydrogen (secondary N) is 1. The molecule has 0 radical (unpaired) electrons. The normalized spacial score (nSPS) is 14.5. The summed E-state index contributed by atoms with van der Waals surface area (Å²) in [6.07, 6.45) is 0. The Morgan fingerprint density at radius 3 is 2.21 bits per heavy atom. The van der Waals surface area contributed by atoms with Gasteiger partial charge in [0, 0.05) is 17.1 Å². The van der Waals surface area contributed by atoms with Crippen LogP contribution in [0.25, 0.3) is 16.3 Å². The third kappa shape index (κ3) is 2.97. The minimum atomic E-state index is -0.288. The molecule has 0 aliphatic carbocycles. The Morgan fingerprint density at radius 2 is 1.50 bits per heavy atom. The molecule has 3 aromatic rings. The van der Waals surface area contributed by atoms with Gasteiger partial charge in [0.05, 0.1) is 5.57 Å². The molecular formula is C24H22N2O2. The van der Waals surface area contributed by atoms with Gasteiger partial charge in [0.15, 0.2) is 0 Å². The van der Waals surface area contributed by atoms with Crippen LogP contribution >= 0.6 is 0 Å².